The van der Waals surface area contributed by atoms with E-state index in [0.717, 1.165) is 28.6 Å². The molecule has 8 nitrogen and oxygen atoms in total. The molecule has 0 amide bonds. The highest BCUT2D eigenvalue weighted by molar-refractivity contribution is 8.12. The molecule has 0 bridgehead atoms. The molecule has 0 saturated heterocycles. The zero-order valence-corrected chi connectivity index (χ0v) is 26.3. The van der Waals surface area contributed by atoms with Gasteiger partial charge in [-0.2, -0.15) is 5.10 Å². The lowest BCUT2D eigenvalue weighted by molar-refractivity contribution is 0.0974. The second-order valence-electron chi connectivity index (χ2n) is 10.3. The van der Waals surface area contributed by atoms with E-state index in [0.29, 0.717) is 50.3 Å². The van der Waals surface area contributed by atoms with Crippen molar-refractivity contribution >= 4 is 59.1 Å². The van der Waals surface area contributed by atoms with Gasteiger partial charge in [-0.25, -0.2) is 9.67 Å². The molecule has 0 spiro atoms. The lowest BCUT2D eigenvalue weighted by atomic mass is 9.84. The van der Waals surface area contributed by atoms with Crippen LogP contribution in [0.1, 0.15) is 54.1 Å². The summed E-state index contributed by atoms with van der Waals surface area (Å²) in [5.41, 5.74) is 7.09. The van der Waals surface area contributed by atoms with Gasteiger partial charge in [-0.15, -0.1) is 5.10 Å². The van der Waals surface area contributed by atoms with E-state index in [9.17, 15) is 9.59 Å². The molecule has 0 aliphatic heterocycles. The summed E-state index contributed by atoms with van der Waals surface area (Å²) in [6, 6.07) is 26.4. The number of nitrogens with one attached hydrogen (secondary N) is 1. The molecule has 1 aromatic heterocycles. The highest BCUT2D eigenvalue weighted by Gasteiger charge is 2.33. The number of ketones is 2. The lowest BCUT2D eigenvalue weighted by Crippen LogP contribution is -2.22. The van der Waals surface area contributed by atoms with Crippen molar-refractivity contribution in [2.45, 2.75) is 28.0 Å². The first kappa shape index (κ1) is 30.7. The van der Waals surface area contributed by atoms with E-state index < -0.39 is 0 Å². The average molecular weight is 641 g/mol. The Morgan fingerprint density at radius 3 is 2.00 bits per heavy atom. The summed E-state index contributed by atoms with van der Waals surface area (Å²) in [5.74, 6) is -0.450. The summed E-state index contributed by atoms with van der Waals surface area (Å²) in [6.45, 7) is 8.52. The van der Waals surface area contributed by atoms with Gasteiger partial charge in [0.25, 0.3) is 0 Å². The molecule has 6 rings (SSSR count). The Bertz CT molecular complexity index is 2000. The van der Waals surface area contributed by atoms with Crippen molar-refractivity contribution in [3.63, 3.8) is 0 Å². The van der Waals surface area contributed by atoms with Gasteiger partial charge in [0.2, 0.25) is 5.16 Å². The number of rotatable bonds is 12. The molecule has 1 N–H and O–H groups in total. The Balaban J connectivity index is 1.19. The highest BCUT2D eigenvalue weighted by atomic mass is 32.2. The van der Waals surface area contributed by atoms with Gasteiger partial charge in [0, 0.05) is 32.0 Å². The van der Waals surface area contributed by atoms with Gasteiger partial charge in [0.1, 0.15) is 12.7 Å². The smallest absolute Gasteiger partial charge is 0.213 e. The van der Waals surface area contributed by atoms with Crippen molar-refractivity contribution in [1.82, 2.24) is 19.8 Å². The van der Waals surface area contributed by atoms with E-state index in [-0.39, 0.29) is 11.6 Å². The number of benzene rings is 4. The summed E-state index contributed by atoms with van der Waals surface area (Å²) < 4.78 is 1.74. The molecular weight excluding hydrogens is 613 g/mol. The van der Waals surface area contributed by atoms with Crippen LogP contribution >= 0.6 is 23.5 Å². The molecule has 5 aromatic rings. The number of aromatic nitrogens is 3. The second kappa shape index (κ2) is 13.8. The van der Waals surface area contributed by atoms with Gasteiger partial charge in [0.15, 0.2) is 11.6 Å². The van der Waals surface area contributed by atoms with Crippen molar-refractivity contribution in [2.75, 3.05) is 0 Å². The van der Waals surface area contributed by atoms with Crippen LogP contribution in [0.2, 0.25) is 0 Å². The van der Waals surface area contributed by atoms with Crippen LogP contribution in [0.15, 0.2) is 124 Å². The number of fused-ring (bicyclic) bond motifs is 2. The van der Waals surface area contributed by atoms with Crippen LogP contribution in [-0.4, -0.2) is 43.2 Å². The minimum absolute atomic E-state index is 0.224. The Labute approximate surface area is 275 Å². The van der Waals surface area contributed by atoms with Gasteiger partial charge in [0.05, 0.1) is 18.6 Å². The van der Waals surface area contributed by atoms with Crippen molar-refractivity contribution < 1.29 is 9.59 Å². The predicted molar refractivity (Wildman–Crippen MR) is 185 cm³/mol. The predicted octanol–water partition coefficient (Wildman–Crippen LogP) is 7.68. The SMILES string of the molecule is C=Cc1ccc(CN(C=N)/N=C/Sc2cccc3c2C(=O)c2cccc(Sc4ncn(Cc5ccc(C=C)cc5)n4)c2C3=O)cc1. The minimum Gasteiger partial charge on any atom is -0.290 e. The summed E-state index contributed by atoms with van der Waals surface area (Å²) >= 11 is 2.49. The highest BCUT2D eigenvalue weighted by Crippen LogP contribution is 2.38. The van der Waals surface area contributed by atoms with E-state index in [4.69, 9.17) is 5.41 Å². The quantitative estimate of drug-likeness (QED) is 0.0633. The van der Waals surface area contributed by atoms with Crippen molar-refractivity contribution in [3.8, 4) is 0 Å². The molecule has 1 aliphatic rings. The van der Waals surface area contributed by atoms with E-state index in [1.54, 1.807) is 59.0 Å². The van der Waals surface area contributed by atoms with Crippen LogP contribution in [0.5, 0.6) is 0 Å². The van der Waals surface area contributed by atoms with Gasteiger partial charge in [-0.05, 0) is 46.1 Å². The topological polar surface area (TPSA) is 104 Å². The van der Waals surface area contributed by atoms with E-state index in [2.05, 4.69) is 28.3 Å². The number of hydrazone groups is 1. The maximum Gasteiger partial charge on any atom is 0.213 e. The maximum absolute atomic E-state index is 13.9. The van der Waals surface area contributed by atoms with Crippen molar-refractivity contribution in [1.29, 1.82) is 5.41 Å². The molecule has 46 heavy (non-hydrogen) atoms. The number of thioether (sulfide) groups is 1. The zero-order chi connectivity index (χ0) is 32.0. The number of nitrogens with zero attached hydrogens (tertiary/aromatic N) is 5. The van der Waals surface area contributed by atoms with Gasteiger partial charge in [-0.1, -0.05) is 110 Å². The fourth-order valence-electron chi connectivity index (χ4n) is 5.01. The standard InChI is InChI=1S/C36H28N6O2S2/c1-3-24-11-15-26(16-12-24)19-41(21-37)39-23-45-30-9-5-7-28-32(30)34(43)29-8-6-10-31(33(29)35(28)44)46-36-38-22-42(40-36)20-27-17-13-25(4-2)14-18-27/h3-18,21-23,37H,1-2,19-20H2/b37-21?,39-23+. The Morgan fingerprint density at radius 2 is 1.39 bits per heavy atom. The molecular formula is C36H28N6O2S2. The van der Waals surface area contributed by atoms with Crippen LogP contribution in [0.4, 0.5) is 0 Å². The molecule has 0 radical (unpaired) electrons. The van der Waals surface area contributed by atoms with Crippen LogP contribution in [0.3, 0.4) is 0 Å². The zero-order valence-electron chi connectivity index (χ0n) is 24.7. The Morgan fingerprint density at radius 1 is 0.804 bits per heavy atom. The summed E-state index contributed by atoms with van der Waals surface area (Å²) in [7, 11) is 0. The largest absolute Gasteiger partial charge is 0.290 e. The summed E-state index contributed by atoms with van der Waals surface area (Å²) in [4.78, 5) is 33.4. The van der Waals surface area contributed by atoms with Crippen molar-refractivity contribution in [2.24, 2.45) is 5.10 Å². The molecule has 1 heterocycles. The van der Waals surface area contributed by atoms with E-state index in [1.807, 2.05) is 54.6 Å². The van der Waals surface area contributed by atoms with Gasteiger partial charge < -0.3 is 0 Å². The minimum atomic E-state index is -0.226. The number of hydrogen-bond donors (Lipinski definition) is 1. The summed E-state index contributed by atoms with van der Waals surface area (Å²) in [5, 5.41) is 18.7. The Kier molecular flexibility index (Phi) is 9.18. The third kappa shape index (κ3) is 6.53. The van der Waals surface area contributed by atoms with Crippen LogP contribution in [0, 0.1) is 5.41 Å². The van der Waals surface area contributed by atoms with Crippen molar-refractivity contribution in [3.05, 3.63) is 149 Å². The maximum atomic E-state index is 13.9. The number of carbonyl (C=O) groups excluding carboxylic acids is 2. The average Bonchev–Trinajstić information content (AvgIpc) is 3.53. The third-order valence-electron chi connectivity index (χ3n) is 7.36. The molecule has 0 fully saturated rings. The first-order chi connectivity index (χ1) is 22.5. The molecule has 0 unspecified atom stereocenters. The molecule has 10 heteroatoms. The molecule has 1 aliphatic carbocycles. The number of carbonyl (C=O) groups is 2. The third-order valence-corrected chi connectivity index (χ3v) is 9.08. The Hall–Kier alpha value is -5.32. The number of hydrogen-bond acceptors (Lipinski definition) is 8. The van der Waals surface area contributed by atoms with Gasteiger partial charge in [-0.3, -0.25) is 20.0 Å². The normalized spacial score (nSPS) is 12.1. The second-order valence-corrected chi connectivity index (χ2v) is 12.2. The summed E-state index contributed by atoms with van der Waals surface area (Å²) in [6.07, 6.45) is 6.37. The monoisotopic (exact) mass is 640 g/mol. The van der Waals surface area contributed by atoms with E-state index >= 15 is 0 Å². The lowest BCUT2D eigenvalue weighted by Gasteiger charge is -2.21. The molecule has 4 aromatic carbocycles. The molecule has 0 saturated carbocycles. The first-order valence-corrected chi connectivity index (χ1v) is 16.0. The fourth-order valence-corrected chi connectivity index (χ4v) is 6.67. The van der Waals surface area contributed by atoms with Crippen LogP contribution in [0.25, 0.3) is 12.2 Å². The fraction of sp³-hybridized carbons (Fsp3) is 0.0556. The molecule has 226 valence electrons. The van der Waals surface area contributed by atoms with Crippen LogP contribution < -0.4 is 0 Å². The molecule has 0 atom stereocenters. The first-order valence-electron chi connectivity index (χ1n) is 14.3. The van der Waals surface area contributed by atoms with Gasteiger partial charge >= 0.3 is 0 Å². The van der Waals surface area contributed by atoms with Crippen LogP contribution in [-0.2, 0) is 13.1 Å². The van der Waals surface area contributed by atoms with E-state index in [1.165, 1.54) is 28.5 Å².